The maximum atomic E-state index is 11.5. The molecule has 0 spiro atoms. The second-order valence-corrected chi connectivity index (χ2v) is 4.72. The van der Waals surface area contributed by atoms with Crippen molar-refractivity contribution in [2.24, 2.45) is 11.8 Å². The minimum absolute atomic E-state index is 0.152. The molecule has 1 amide bonds. The summed E-state index contributed by atoms with van der Waals surface area (Å²) in [7, 11) is 0. The van der Waals surface area contributed by atoms with Gasteiger partial charge in [-0.3, -0.25) is 4.79 Å². The van der Waals surface area contributed by atoms with E-state index in [0.29, 0.717) is 17.7 Å². The molecule has 2 aliphatic rings. The van der Waals surface area contributed by atoms with Gasteiger partial charge in [0.2, 0.25) is 5.91 Å². The van der Waals surface area contributed by atoms with Gasteiger partial charge in [-0.2, -0.15) is 0 Å². The molecule has 12 heavy (non-hydrogen) atoms. The first-order valence-corrected chi connectivity index (χ1v) is 4.93. The van der Waals surface area contributed by atoms with Gasteiger partial charge in [-0.1, -0.05) is 6.92 Å². The molecule has 2 saturated carbocycles. The SMILES string of the molecule is CC1CC1C(=O)NC1(C)CCC1. The van der Waals surface area contributed by atoms with Gasteiger partial charge < -0.3 is 5.32 Å². The monoisotopic (exact) mass is 167 g/mol. The van der Waals surface area contributed by atoms with E-state index in [1.807, 2.05) is 0 Å². The second kappa shape index (κ2) is 2.48. The topological polar surface area (TPSA) is 29.1 Å². The molecule has 2 fully saturated rings. The van der Waals surface area contributed by atoms with Crippen molar-refractivity contribution in [1.29, 1.82) is 0 Å². The highest BCUT2D eigenvalue weighted by Gasteiger charge is 2.42. The number of hydrogen-bond donors (Lipinski definition) is 1. The zero-order valence-electron chi connectivity index (χ0n) is 7.89. The van der Waals surface area contributed by atoms with Gasteiger partial charge in [-0.25, -0.2) is 0 Å². The number of carbonyl (C=O) groups is 1. The summed E-state index contributed by atoms with van der Waals surface area (Å²) >= 11 is 0. The molecule has 2 unspecified atom stereocenters. The summed E-state index contributed by atoms with van der Waals surface area (Å²) in [6.07, 6.45) is 4.71. The molecule has 0 heterocycles. The molecule has 68 valence electrons. The fraction of sp³-hybridized carbons (Fsp3) is 0.900. The summed E-state index contributed by atoms with van der Waals surface area (Å²) in [5.74, 6) is 1.26. The lowest BCUT2D eigenvalue weighted by molar-refractivity contribution is -0.125. The third kappa shape index (κ3) is 1.35. The Labute approximate surface area is 73.7 Å². The van der Waals surface area contributed by atoms with Crippen molar-refractivity contribution >= 4 is 5.91 Å². The lowest BCUT2D eigenvalue weighted by Gasteiger charge is -2.39. The molecule has 2 atom stereocenters. The van der Waals surface area contributed by atoms with Crippen LogP contribution >= 0.6 is 0 Å². The summed E-state index contributed by atoms with van der Waals surface area (Å²) < 4.78 is 0. The van der Waals surface area contributed by atoms with Crippen molar-refractivity contribution in [2.75, 3.05) is 0 Å². The molecule has 2 aliphatic carbocycles. The molecular formula is C10H17NO. The highest BCUT2D eigenvalue weighted by atomic mass is 16.2. The molecular weight excluding hydrogens is 150 g/mol. The summed E-state index contributed by atoms with van der Waals surface area (Å²) in [6.45, 7) is 4.30. The normalized spacial score (nSPS) is 36.8. The molecule has 0 aromatic carbocycles. The minimum atomic E-state index is 0.152. The predicted molar refractivity (Wildman–Crippen MR) is 47.7 cm³/mol. The highest BCUT2D eigenvalue weighted by Crippen LogP contribution is 2.39. The maximum Gasteiger partial charge on any atom is 0.223 e. The Morgan fingerprint density at radius 1 is 1.50 bits per heavy atom. The summed E-state index contributed by atoms with van der Waals surface area (Å²) in [5, 5.41) is 3.15. The van der Waals surface area contributed by atoms with Gasteiger partial charge in [0, 0.05) is 11.5 Å². The first kappa shape index (κ1) is 8.09. The molecule has 0 aromatic rings. The van der Waals surface area contributed by atoms with Crippen molar-refractivity contribution in [3.63, 3.8) is 0 Å². The van der Waals surface area contributed by atoms with Gasteiger partial charge in [0.25, 0.3) is 0 Å². The number of hydrogen-bond acceptors (Lipinski definition) is 1. The van der Waals surface area contributed by atoms with Gasteiger partial charge in [0.1, 0.15) is 0 Å². The van der Waals surface area contributed by atoms with E-state index in [4.69, 9.17) is 0 Å². The molecule has 0 radical (unpaired) electrons. The van der Waals surface area contributed by atoms with E-state index in [0.717, 1.165) is 6.42 Å². The lowest BCUT2D eigenvalue weighted by Crippen LogP contribution is -2.51. The minimum Gasteiger partial charge on any atom is -0.351 e. The molecule has 2 rings (SSSR count). The van der Waals surface area contributed by atoms with Crippen LogP contribution in [0.4, 0.5) is 0 Å². The van der Waals surface area contributed by atoms with Crippen molar-refractivity contribution in [3.05, 3.63) is 0 Å². The van der Waals surface area contributed by atoms with Crippen LogP contribution in [0.5, 0.6) is 0 Å². The fourth-order valence-corrected chi connectivity index (χ4v) is 1.91. The van der Waals surface area contributed by atoms with E-state index < -0.39 is 0 Å². The van der Waals surface area contributed by atoms with Crippen LogP contribution in [-0.2, 0) is 4.79 Å². The smallest absolute Gasteiger partial charge is 0.223 e. The van der Waals surface area contributed by atoms with E-state index in [9.17, 15) is 4.79 Å². The Kier molecular flexibility index (Phi) is 1.67. The summed E-state index contributed by atoms with van der Waals surface area (Å²) in [5.41, 5.74) is 0.152. The number of amides is 1. The van der Waals surface area contributed by atoms with Gasteiger partial charge >= 0.3 is 0 Å². The van der Waals surface area contributed by atoms with Crippen LogP contribution < -0.4 is 5.32 Å². The van der Waals surface area contributed by atoms with Crippen LogP contribution in [-0.4, -0.2) is 11.4 Å². The molecule has 2 heteroatoms. The quantitative estimate of drug-likeness (QED) is 0.666. The Hall–Kier alpha value is -0.530. The third-order valence-electron chi connectivity index (χ3n) is 3.33. The van der Waals surface area contributed by atoms with Crippen LogP contribution in [0.15, 0.2) is 0 Å². The average molecular weight is 167 g/mol. The molecule has 0 bridgehead atoms. The molecule has 1 N–H and O–H groups in total. The average Bonchev–Trinajstić information content (AvgIpc) is 2.63. The molecule has 0 aliphatic heterocycles. The van der Waals surface area contributed by atoms with E-state index >= 15 is 0 Å². The summed E-state index contributed by atoms with van der Waals surface area (Å²) in [6, 6.07) is 0. The van der Waals surface area contributed by atoms with Crippen molar-refractivity contribution in [2.45, 2.75) is 45.1 Å². The Morgan fingerprint density at radius 2 is 2.08 bits per heavy atom. The third-order valence-corrected chi connectivity index (χ3v) is 3.33. The Morgan fingerprint density at radius 3 is 2.42 bits per heavy atom. The van der Waals surface area contributed by atoms with Crippen molar-refractivity contribution in [3.8, 4) is 0 Å². The van der Waals surface area contributed by atoms with Crippen LogP contribution in [0.3, 0.4) is 0 Å². The fourth-order valence-electron chi connectivity index (χ4n) is 1.91. The predicted octanol–water partition coefficient (Wildman–Crippen LogP) is 1.70. The van der Waals surface area contributed by atoms with Crippen LogP contribution in [0.25, 0.3) is 0 Å². The lowest BCUT2D eigenvalue weighted by atomic mass is 9.78. The highest BCUT2D eigenvalue weighted by molar-refractivity contribution is 5.82. The first-order valence-electron chi connectivity index (χ1n) is 4.93. The Balaban J connectivity index is 1.82. The zero-order valence-corrected chi connectivity index (χ0v) is 7.89. The van der Waals surface area contributed by atoms with Gasteiger partial charge in [0.15, 0.2) is 0 Å². The van der Waals surface area contributed by atoms with Crippen LogP contribution in [0.2, 0.25) is 0 Å². The standard InChI is InChI=1S/C10H17NO/c1-7-6-8(7)9(12)11-10(2)4-3-5-10/h7-8H,3-6H2,1-2H3,(H,11,12). The van der Waals surface area contributed by atoms with E-state index in [2.05, 4.69) is 19.2 Å². The number of rotatable bonds is 2. The van der Waals surface area contributed by atoms with E-state index in [-0.39, 0.29) is 5.54 Å². The molecule has 0 saturated heterocycles. The summed E-state index contributed by atoms with van der Waals surface area (Å²) in [4.78, 5) is 11.5. The van der Waals surface area contributed by atoms with E-state index in [1.54, 1.807) is 0 Å². The zero-order chi connectivity index (χ0) is 8.77. The van der Waals surface area contributed by atoms with Crippen LogP contribution in [0, 0.1) is 11.8 Å². The largest absolute Gasteiger partial charge is 0.351 e. The number of carbonyl (C=O) groups excluding carboxylic acids is 1. The molecule has 0 aromatic heterocycles. The van der Waals surface area contributed by atoms with Gasteiger partial charge in [-0.05, 0) is 38.5 Å². The number of nitrogens with one attached hydrogen (secondary N) is 1. The van der Waals surface area contributed by atoms with Gasteiger partial charge in [0.05, 0.1) is 0 Å². The second-order valence-electron chi connectivity index (χ2n) is 4.72. The van der Waals surface area contributed by atoms with Crippen LogP contribution in [0.1, 0.15) is 39.5 Å². The van der Waals surface area contributed by atoms with Gasteiger partial charge in [-0.15, -0.1) is 0 Å². The van der Waals surface area contributed by atoms with Crippen molar-refractivity contribution < 1.29 is 4.79 Å². The van der Waals surface area contributed by atoms with E-state index in [1.165, 1.54) is 19.3 Å². The first-order chi connectivity index (χ1) is 5.61. The molecule has 2 nitrogen and oxygen atoms in total. The Bertz CT molecular complexity index is 208. The maximum absolute atomic E-state index is 11.5. The van der Waals surface area contributed by atoms with Crippen molar-refractivity contribution in [1.82, 2.24) is 5.32 Å².